The number of carbonyl (C=O) groups is 1. The largest absolute Gasteiger partial charge is 0.573 e. The maximum absolute atomic E-state index is 12.5. The number of hydrogen-bond donors (Lipinski definition) is 3. The van der Waals surface area contributed by atoms with Gasteiger partial charge in [-0.15, -0.1) is 13.2 Å². The number of para-hydroxylation sites is 2. The average Bonchev–Trinajstić information content (AvgIpc) is 2.71. The van der Waals surface area contributed by atoms with E-state index in [1.54, 1.807) is 6.20 Å². The summed E-state index contributed by atoms with van der Waals surface area (Å²) in [6, 6.07) is 4.94. The number of rotatable bonds is 6. The van der Waals surface area contributed by atoms with Crippen LogP contribution in [0.5, 0.6) is 5.75 Å². The molecule has 0 unspecified atom stereocenters. The molecular formula is C21H27F3N6O2. The number of aryl methyl sites for hydroxylation is 1. The molecule has 2 aromatic rings. The third-order valence-corrected chi connectivity index (χ3v) is 5.13. The molecule has 8 nitrogen and oxygen atoms in total. The van der Waals surface area contributed by atoms with E-state index in [0.717, 1.165) is 43.1 Å². The van der Waals surface area contributed by atoms with E-state index >= 15 is 0 Å². The van der Waals surface area contributed by atoms with Gasteiger partial charge in [0.1, 0.15) is 5.82 Å². The Morgan fingerprint density at radius 2 is 1.78 bits per heavy atom. The second-order valence-corrected chi connectivity index (χ2v) is 7.93. The molecular weight excluding hydrogens is 425 g/mol. The van der Waals surface area contributed by atoms with Gasteiger partial charge < -0.3 is 25.6 Å². The van der Waals surface area contributed by atoms with Gasteiger partial charge in [0.05, 0.1) is 5.69 Å². The molecule has 1 heterocycles. The number of hydrogen-bond acceptors (Lipinski definition) is 6. The molecule has 1 aliphatic carbocycles. The Labute approximate surface area is 184 Å². The second-order valence-electron chi connectivity index (χ2n) is 7.93. The molecule has 0 saturated heterocycles. The Kier molecular flexibility index (Phi) is 7.26. The van der Waals surface area contributed by atoms with Crippen molar-refractivity contribution in [1.29, 1.82) is 0 Å². The molecule has 1 saturated carbocycles. The molecule has 11 heteroatoms. The molecule has 1 aromatic heterocycles. The molecule has 0 bridgehead atoms. The third kappa shape index (κ3) is 6.63. The molecule has 0 atom stereocenters. The highest BCUT2D eigenvalue weighted by Crippen LogP contribution is 2.30. The molecule has 3 rings (SSSR count). The van der Waals surface area contributed by atoms with Crippen LogP contribution < -0.4 is 25.6 Å². The first-order valence-electron chi connectivity index (χ1n) is 10.3. The number of halogens is 3. The Bertz CT molecular complexity index is 930. The number of aromatic nitrogens is 2. The van der Waals surface area contributed by atoms with E-state index in [1.807, 2.05) is 25.9 Å². The van der Waals surface area contributed by atoms with Gasteiger partial charge in [-0.2, -0.15) is 4.98 Å². The minimum Gasteiger partial charge on any atom is -0.404 e. The van der Waals surface area contributed by atoms with Crippen molar-refractivity contribution in [1.82, 2.24) is 15.3 Å². The number of benzene rings is 1. The Morgan fingerprint density at radius 1 is 1.12 bits per heavy atom. The monoisotopic (exact) mass is 452 g/mol. The molecule has 3 N–H and O–H groups in total. The lowest BCUT2D eigenvalue weighted by molar-refractivity contribution is -0.274. The molecule has 1 aliphatic rings. The van der Waals surface area contributed by atoms with Crippen molar-refractivity contribution in [3.8, 4) is 5.75 Å². The SMILES string of the molecule is Cc1cnc(N[C@H]2CC[C@@H](NC(=O)Nc3ccccc3OC(F)(F)F)CC2)nc1N(C)C. The minimum absolute atomic E-state index is 0.0501. The molecule has 0 aliphatic heterocycles. The van der Waals surface area contributed by atoms with Crippen LogP contribution in [0.25, 0.3) is 0 Å². The highest BCUT2D eigenvalue weighted by molar-refractivity contribution is 5.91. The fraction of sp³-hybridized carbons (Fsp3) is 0.476. The molecule has 2 amide bonds. The number of alkyl halides is 3. The molecule has 1 fully saturated rings. The van der Waals surface area contributed by atoms with Gasteiger partial charge in [-0.3, -0.25) is 0 Å². The summed E-state index contributed by atoms with van der Waals surface area (Å²) in [5.74, 6) is 0.956. The molecule has 0 spiro atoms. The van der Waals surface area contributed by atoms with Crippen LogP contribution in [0.4, 0.5) is 35.4 Å². The first-order valence-corrected chi connectivity index (χ1v) is 10.3. The van der Waals surface area contributed by atoms with Crippen molar-refractivity contribution in [2.24, 2.45) is 0 Å². The number of nitrogens with one attached hydrogen (secondary N) is 3. The van der Waals surface area contributed by atoms with Gasteiger partial charge in [0, 0.05) is 37.9 Å². The normalized spacial score (nSPS) is 18.6. The van der Waals surface area contributed by atoms with Gasteiger partial charge in [-0.05, 0) is 44.7 Å². The van der Waals surface area contributed by atoms with Crippen LogP contribution in [0.3, 0.4) is 0 Å². The van der Waals surface area contributed by atoms with Gasteiger partial charge in [0.25, 0.3) is 0 Å². The summed E-state index contributed by atoms with van der Waals surface area (Å²) in [4.78, 5) is 23.1. The predicted octanol–water partition coefficient (Wildman–Crippen LogP) is 4.29. The number of anilines is 3. The molecule has 174 valence electrons. The van der Waals surface area contributed by atoms with Gasteiger partial charge in [0.15, 0.2) is 5.75 Å². The molecule has 0 radical (unpaired) electrons. The predicted molar refractivity (Wildman–Crippen MR) is 116 cm³/mol. The Hall–Kier alpha value is -3.24. The molecule has 1 aromatic carbocycles. The summed E-state index contributed by atoms with van der Waals surface area (Å²) < 4.78 is 41.6. The van der Waals surface area contributed by atoms with Crippen LogP contribution in [-0.4, -0.2) is 48.5 Å². The van der Waals surface area contributed by atoms with Crippen molar-refractivity contribution in [3.63, 3.8) is 0 Å². The Balaban J connectivity index is 1.49. The maximum Gasteiger partial charge on any atom is 0.573 e. The number of carbonyl (C=O) groups excluding carboxylic acids is 1. The lowest BCUT2D eigenvalue weighted by Crippen LogP contribution is -2.42. The summed E-state index contributed by atoms with van der Waals surface area (Å²) >= 11 is 0. The van der Waals surface area contributed by atoms with Gasteiger partial charge in [0.2, 0.25) is 5.95 Å². The van der Waals surface area contributed by atoms with Gasteiger partial charge in [-0.1, -0.05) is 12.1 Å². The van der Waals surface area contributed by atoms with E-state index < -0.39 is 18.1 Å². The van der Waals surface area contributed by atoms with Crippen LogP contribution in [0, 0.1) is 6.92 Å². The average molecular weight is 452 g/mol. The van der Waals surface area contributed by atoms with Crippen molar-refractivity contribution in [2.45, 2.75) is 51.1 Å². The standard InChI is InChI=1S/C21H27F3N6O2/c1-13-12-25-19(29-18(13)30(2)3)26-14-8-10-15(11-9-14)27-20(31)28-16-6-4-5-7-17(16)32-21(22,23)24/h4-7,12,14-15H,8-11H2,1-3H3,(H,25,26,29)(H2,27,28,31)/t14-,15+. The van der Waals surface area contributed by atoms with Crippen LogP contribution in [-0.2, 0) is 0 Å². The summed E-state index contributed by atoms with van der Waals surface area (Å²) in [6.45, 7) is 1.95. The van der Waals surface area contributed by atoms with Crippen LogP contribution in [0.1, 0.15) is 31.2 Å². The van der Waals surface area contributed by atoms with Crippen LogP contribution in [0.15, 0.2) is 30.5 Å². The number of amides is 2. The van der Waals surface area contributed by atoms with Gasteiger partial charge >= 0.3 is 12.4 Å². The lowest BCUT2D eigenvalue weighted by atomic mass is 9.91. The number of urea groups is 1. The topological polar surface area (TPSA) is 91.4 Å². The Morgan fingerprint density at radius 3 is 2.44 bits per heavy atom. The van der Waals surface area contributed by atoms with Crippen molar-refractivity contribution in [2.75, 3.05) is 29.6 Å². The van der Waals surface area contributed by atoms with E-state index in [9.17, 15) is 18.0 Å². The van der Waals surface area contributed by atoms with E-state index in [-0.39, 0.29) is 17.8 Å². The summed E-state index contributed by atoms with van der Waals surface area (Å²) in [5.41, 5.74) is 0.938. The van der Waals surface area contributed by atoms with E-state index in [2.05, 4.69) is 30.7 Å². The maximum atomic E-state index is 12.5. The quantitative estimate of drug-likeness (QED) is 0.606. The van der Waals surface area contributed by atoms with E-state index in [0.29, 0.717) is 5.95 Å². The van der Waals surface area contributed by atoms with Crippen LogP contribution >= 0.6 is 0 Å². The molecule has 32 heavy (non-hydrogen) atoms. The van der Waals surface area contributed by atoms with Gasteiger partial charge in [-0.25, -0.2) is 9.78 Å². The second kappa shape index (κ2) is 9.92. The zero-order valence-electron chi connectivity index (χ0n) is 18.2. The highest BCUT2D eigenvalue weighted by atomic mass is 19.4. The first-order chi connectivity index (χ1) is 15.1. The smallest absolute Gasteiger partial charge is 0.404 e. The fourth-order valence-corrected chi connectivity index (χ4v) is 3.65. The summed E-state index contributed by atoms with van der Waals surface area (Å²) in [7, 11) is 3.85. The first kappa shape index (κ1) is 23.4. The van der Waals surface area contributed by atoms with E-state index in [4.69, 9.17) is 0 Å². The van der Waals surface area contributed by atoms with Crippen molar-refractivity contribution < 1.29 is 22.7 Å². The van der Waals surface area contributed by atoms with Crippen molar-refractivity contribution in [3.05, 3.63) is 36.0 Å². The lowest BCUT2D eigenvalue weighted by Gasteiger charge is -2.30. The highest BCUT2D eigenvalue weighted by Gasteiger charge is 2.32. The van der Waals surface area contributed by atoms with Crippen LogP contribution in [0.2, 0.25) is 0 Å². The van der Waals surface area contributed by atoms with E-state index in [1.165, 1.54) is 18.2 Å². The fourth-order valence-electron chi connectivity index (χ4n) is 3.65. The minimum atomic E-state index is -4.84. The number of nitrogens with zero attached hydrogens (tertiary/aromatic N) is 3. The summed E-state index contributed by atoms with van der Waals surface area (Å²) in [5, 5.41) is 8.60. The number of ether oxygens (including phenoxy) is 1. The van der Waals surface area contributed by atoms with Crippen molar-refractivity contribution >= 4 is 23.5 Å². The summed E-state index contributed by atoms with van der Waals surface area (Å²) in [6.07, 6.45) is -0.0203. The third-order valence-electron chi connectivity index (χ3n) is 5.13. The zero-order chi connectivity index (χ0) is 23.3. The zero-order valence-corrected chi connectivity index (χ0v) is 18.2.